The van der Waals surface area contributed by atoms with E-state index in [9.17, 15) is 14.0 Å². The SMILES string of the molecule is O=C1S/C(=C/c2ccc3c(c2)CCCO3)C(=O)N1Cc1c(F)cccc1Cl. The predicted molar refractivity (Wildman–Crippen MR) is 103 cm³/mol. The normalized spacial score (nSPS) is 18.0. The summed E-state index contributed by atoms with van der Waals surface area (Å²) in [5, 5.41) is -0.250. The van der Waals surface area contributed by atoms with Crippen LogP contribution in [0.2, 0.25) is 5.02 Å². The van der Waals surface area contributed by atoms with Crippen LogP contribution in [0, 0.1) is 5.82 Å². The molecule has 7 heteroatoms. The molecule has 2 aliphatic heterocycles. The second-order valence-electron chi connectivity index (χ2n) is 6.29. The topological polar surface area (TPSA) is 46.6 Å². The van der Waals surface area contributed by atoms with Crippen molar-refractivity contribution in [1.29, 1.82) is 0 Å². The van der Waals surface area contributed by atoms with Gasteiger partial charge in [-0.05, 0) is 66.1 Å². The van der Waals surface area contributed by atoms with Crippen LogP contribution in [-0.2, 0) is 17.8 Å². The molecule has 0 unspecified atom stereocenters. The van der Waals surface area contributed by atoms with E-state index in [1.165, 1.54) is 18.2 Å². The Labute approximate surface area is 164 Å². The molecule has 0 bridgehead atoms. The van der Waals surface area contributed by atoms with E-state index in [2.05, 4.69) is 0 Å². The van der Waals surface area contributed by atoms with Gasteiger partial charge in [-0.25, -0.2) is 4.39 Å². The lowest BCUT2D eigenvalue weighted by molar-refractivity contribution is -0.123. The van der Waals surface area contributed by atoms with Crippen LogP contribution in [0.25, 0.3) is 6.08 Å². The summed E-state index contributed by atoms with van der Waals surface area (Å²) < 4.78 is 19.6. The minimum Gasteiger partial charge on any atom is -0.493 e. The molecule has 0 spiro atoms. The summed E-state index contributed by atoms with van der Waals surface area (Å²) in [7, 11) is 0. The number of carbonyl (C=O) groups is 2. The van der Waals surface area contributed by atoms with Gasteiger partial charge in [0.25, 0.3) is 11.1 Å². The Hall–Kier alpha value is -2.31. The van der Waals surface area contributed by atoms with Crippen LogP contribution in [-0.4, -0.2) is 22.7 Å². The van der Waals surface area contributed by atoms with Gasteiger partial charge in [0.05, 0.1) is 18.1 Å². The lowest BCUT2D eigenvalue weighted by Gasteiger charge is -2.17. The van der Waals surface area contributed by atoms with Crippen molar-refractivity contribution in [1.82, 2.24) is 4.90 Å². The van der Waals surface area contributed by atoms with E-state index in [1.54, 1.807) is 6.08 Å². The monoisotopic (exact) mass is 403 g/mol. The van der Waals surface area contributed by atoms with E-state index in [1.807, 2.05) is 18.2 Å². The molecule has 1 fully saturated rings. The number of ether oxygens (including phenoxy) is 1. The maximum Gasteiger partial charge on any atom is 0.293 e. The Balaban J connectivity index is 1.58. The number of imide groups is 1. The molecule has 0 N–H and O–H groups in total. The predicted octanol–water partition coefficient (Wildman–Crippen LogP) is 5.04. The number of halogens is 2. The molecule has 4 nitrogen and oxygen atoms in total. The molecular weight excluding hydrogens is 389 g/mol. The first kappa shape index (κ1) is 18.1. The standard InChI is InChI=1S/C20H15ClFNO3S/c21-15-4-1-5-16(22)14(15)11-23-19(24)18(27-20(23)25)10-12-6-7-17-13(9-12)3-2-8-26-17/h1,4-7,9-10H,2-3,8,11H2/b18-10+. The number of rotatable bonds is 3. The third-order valence-corrected chi connectivity index (χ3v) is 5.74. The van der Waals surface area contributed by atoms with Gasteiger partial charge in [-0.1, -0.05) is 23.7 Å². The third kappa shape index (κ3) is 3.59. The van der Waals surface area contributed by atoms with Crippen molar-refractivity contribution >= 4 is 40.6 Å². The fourth-order valence-corrected chi connectivity index (χ4v) is 4.16. The molecular formula is C20H15ClFNO3S. The number of hydrogen-bond donors (Lipinski definition) is 0. The van der Waals surface area contributed by atoms with Crippen LogP contribution < -0.4 is 4.74 Å². The number of benzene rings is 2. The molecule has 1 saturated heterocycles. The molecule has 4 rings (SSSR count). The Morgan fingerprint density at radius 3 is 2.93 bits per heavy atom. The first-order valence-corrected chi connectivity index (χ1v) is 9.66. The quantitative estimate of drug-likeness (QED) is 0.673. The van der Waals surface area contributed by atoms with Gasteiger partial charge in [0.2, 0.25) is 0 Å². The minimum absolute atomic E-state index is 0.133. The molecule has 2 aromatic rings. The number of carbonyl (C=O) groups excluding carboxylic acids is 2. The summed E-state index contributed by atoms with van der Waals surface area (Å²) in [6, 6.07) is 9.97. The fraction of sp³-hybridized carbons (Fsp3) is 0.200. The highest BCUT2D eigenvalue weighted by Gasteiger charge is 2.35. The number of hydrogen-bond acceptors (Lipinski definition) is 4. The van der Waals surface area contributed by atoms with Crippen molar-refractivity contribution in [2.75, 3.05) is 6.61 Å². The summed E-state index contributed by atoms with van der Waals surface area (Å²) in [5.74, 6) is -0.126. The highest BCUT2D eigenvalue weighted by atomic mass is 35.5. The molecule has 0 saturated carbocycles. The minimum atomic E-state index is -0.541. The number of thioether (sulfide) groups is 1. The molecule has 2 heterocycles. The van der Waals surface area contributed by atoms with E-state index in [4.69, 9.17) is 16.3 Å². The van der Waals surface area contributed by atoms with Crippen molar-refractivity contribution in [2.45, 2.75) is 19.4 Å². The lowest BCUT2D eigenvalue weighted by Crippen LogP contribution is -2.28. The first-order chi connectivity index (χ1) is 13.0. The Morgan fingerprint density at radius 1 is 1.26 bits per heavy atom. The van der Waals surface area contributed by atoms with Gasteiger partial charge in [-0.15, -0.1) is 0 Å². The van der Waals surface area contributed by atoms with Gasteiger partial charge in [0.15, 0.2) is 0 Å². The second-order valence-corrected chi connectivity index (χ2v) is 7.69. The molecule has 0 atom stereocenters. The maximum absolute atomic E-state index is 14.0. The van der Waals surface area contributed by atoms with Crippen molar-refractivity contribution in [3.8, 4) is 5.75 Å². The van der Waals surface area contributed by atoms with E-state index in [0.29, 0.717) is 11.5 Å². The second kappa shape index (κ2) is 7.37. The molecule has 2 aromatic carbocycles. The Kier molecular flexibility index (Phi) is 4.93. The van der Waals surface area contributed by atoms with Crippen molar-refractivity contribution in [2.24, 2.45) is 0 Å². The lowest BCUT2D eigenvalue weighted by atomic mass is 10.0. The van der Waals surface area contributed by atoms with E-state index in [0.717, 1.165) is 46.4 Å². The average molecular weight is 404 g/mol. The van der Waals surface area contributed by atoms with Crippen LogP contribution >= 0.6 is 23.4 Å². The van der Waals surface area contributed by atoms with Gasteiger partial charge in [0.1, 0.15) is 11.6 Å². The van der Waals surface area contributed by atoms with Gasteiger partial charge < -0.3 is 4.74 Å². The maximum atomic E-state index is 14.0. The van der Waals surface area contributed by atoms with Crippen LogP contribution in [0.5, 0.6) is 5.75 Å². The summed E-state index contributed by atoms with van der Waals surface area (Å²) in [6.07, 6.45) is 3.56. The summed E-state index contributed by atoms with van der Waals surface area (Å²) in [4.78, 5) is 26.3. The summed E-state index contributed by atoms with van der Waals surface area (Å²) in [6.45, 7) is 0.523. The van der Waals surface area contributed by atoms with Crippen LogP contribution in [0.1, 0.15) is 23.1 Å². The molecule has 0 aliphatic carbocycles. The van der Waals surface area contributed by atoms with Crippen LogP contribution in [0.4, 0.5) is 9.18 Å². The zero-order valence-electron chi connectivity index (χ0n) is 14.2. The smallest absolute Gasteiger partial charge is 0.293 e. The summed E-state index contributed by atoms with van der Waals surface area (Å²) >= 11 is 6.86. The van der Waals surface area contributed by atoms with Crippen molar-refractivity contribution in [3.05, 3.63) is 68.8 Å². The fourth-order valence-electron chi connectivity index (χ4n) is 3.10. The first-order valence-electron chi connectivity index (χ1n) is 8.47. The highest BCUT2D eigenvalue weighted by Crippen LogP contribution is 2.35. The summed E-state index contributed by atoms with van der Waals surface area (Å²) in [5.41, 5.74) is 2.05. The van der Waals surface area contributed by atoms with Gasteiger partial charge in [-0.3, -0.25) is 14.5 Å². The highest BCUT2D eigenvalue weighted by molar-refractivity contribution is 8.18. The van der Waals surface area contributed by atoms with E-state index in [-0.39, 0.29) is 17.1 Å². The van der Waals surface area contributed by atoms with E-state index < -0.39 is 17.0 Å². The van der Waals surface area contributed by atoms with Gasteiger partial charge >= 0.3 is 0 Å². The van der Waals surface area contributed by atoms with Crippen LogP contribution in [0.15, 0.2) is 41.3 Å². The van der Waals surface area contributed by atoms with Crippen molar-refractivity contribution < 1.29 is 18.7 Å². The molecule has 2 aliphatic rings. The largest absolute Gasteiger partial charge is 0.493 e. The Bertz CT molecular complexity index is 955. The zero-order chi connectivity index (χ0) is 19.0. The van der Waals surface area contributed by atoms with Crippen molar-refractivity contribution in [3.63, 3.8) is 0 Å². The number of aryl methyl sites for hydroxylation is 1. The molecule has 0 aromatic heterocycles. The number of amides is 2. The molecule has 138 valence electrons. The molecule has 27 heavy (non-hydrogen) atoms. The zero-order valence-corrected chi connectivity index (χ0v) is 15.8. The van der Waals surface area contributed by atoms with E-state index >= 15 is 0 Å². The van der Waals surface area contributed by atoms with Gasteiger partial charge in [-0.2, -0.15) is 0 Å². The molecule has 0 radical (unpaired) electrons. The average Bonchev–Trinajstić information content (AvgIpc) is 2.91. The number of nitrogens with zero attached hydrogens (tertiary/aromatic N) is 1. The van der Waals surface area contributed by atoms with Gasteiger partial charge in [0, 0.05) is 10.6 Å². The molecule has 2 amide bonds. The Morgan fingerprint density at radius 2 is 2.11 bits per heavy atom. The van der Waals surface area contributed by atoms with Crippen LogP contribution in [0.3, 0.4) is 0 Å². The third-order valence-electron chi connectivity index (χ3n) is 4.48. The number of fused-ring (bicyclic) bond motifs is 1.